The van der Waals surface area contributed by atoms with Crippen LogP contribution in [-0.2, 0) is 11.8 Å². The Hall–Kier alpha value is -2.78. The summed E-state index contributed by atoms with van der Waals surface area (Å²) < 4.78 is 3.34. The van der Waals surface area contributed by atoms with Crippen LogP contribution in [0.1, 0.15) is 18.5 Å². The maximum Gasteiger partial charge on any atom is 0.295 e. The van der Waals surface area contributed by atoms with Crippen LogP contribution < -0.4 is 10.9 Å². The van der Waals surface area contributed by atoms with Gasteiger partial charge in [0.1, 0.15) is 5.69 Å². The van der Waals surface area contributed by atoms with Crippen molar-refractivity contribution in [2.75, 3.05) is 25.0 Å². The van der Waals surface area contributed by atoms with Gasteiger partial charge < -0.3 is 5.32 Å². The fourth-order valence-electron chi connectivity index (χ4n) is 3.42. The average Bonchev–Trinajstić information content (AvgIpc) is 2.86. The van der Waals surface area contributed by atoms with Crippen molar-refractivity contribution in [3.63, 3.8) is 0 Å². The first kappa shape index (κ1) is 18.0. The third-order valence-corrected chi connectivity index (χ3v) is 5.08. The summed E-state index contributed by atoms with van der Waals surface area (Å²) >= 11 is 0. The lowest BCUT2D eigenvalue weighted by Gasteiger charge is -2.29. The number of anilines is 1. The highest BCUT2D eigenvalue weighted by Gasteiger charge is 2.26. The number of piperidine rings is 1. The van der Waals surface area contributed by atoms with Crippen LogP contribution in [0.2, 0.25) is 0 Å². The van der Waals surface area contributed by atoms with Crippen LogP contribution in [0.3, 0.4) is 0 Å². The number of carbonyl (C=O) groups excluding carboxylic acids is 1. The van der Waals surface area contributed by atoms with Gasteiger partial charge in [0.15, 0.2) is 0 Å². The van der Waals surface area contributed by atoms with Crippen molar-refractivity contribution < 1.29 is 4.79 Å². The van der Waals surface area contributed by atoms with E-state index in [1.807, 2.05) is 44.3 Å². The quantitative estimate of drug-likeness (QED) is 0.853. The molecule has 3 rings (SSSR count). The number of para-hydroxylation sites is 1. The van der Waals surface area contributed by atoms with Crippen molar-refractivity contribution in [1.82, 2.24) is 14.3 Å². The fourth-order valence-corrected chi connectivity index (χ4v) is 3.42. The van der Waals surface area contributed by atoms with Gasteiger partial charge in [-0.05, 0) is 45.0 Å². The molecule has 1 saturated heterocycles. The number of carbonyl (C=O) groups is 1. The molecule has 136 valence electrons. The number of nitrogens with zero attached hydrogens (tertiary/aromatic N) is 3. The van der Waals surface area contributed by atoms with Gasteiger partial charge in [-0.25, -0.2) is 4.68 Å². The molecular weight excluding hydrogens is 328 g/mol. The molecule has 1 fully saturated rings. The van der Waals surface area contributed by atoms with Gasteiger partial charge in [-0.2, -0.15) is 0 Å². The Labute approximate surface area is 153 Å². The zero-order valence-corrected chi connectivity index (χ0v) is 15.2. The first-order valence-electron chi connectivity index (χ1n) is 8.83. The van der Waals surface area contributed by atoms with Crippen molar-refractivity contribution in [1.29, 1.82) is 0 Å². The molecule has 0 spiro atoms. The van der Waals surface area contributed by atoms with E-state index in [1.165, 1.54) is 0 Å². The molecule has 0 saturated carbocycles. The Morgan fingerprint density at radius 1 is 1.27 bits per heavy atom. The van der Waals surface area contributed by atoms with Gasteiger partial charge in [-0.3, -0.25) is 19.2 Å². The monoisotopic (exact) mass is 352 g/mol. The molecule has 0 aliphatic carbocycles. The minimum atomic E-state index is -0.214. The van der Waals surface area contributed by atoms with Crippen LogP contribution in [0, 0.1) is 25.2 Å². The van der Waals surface area contributed by atoms with Crippen LogP contribution in [0.4, 0.5) is 5.69 Å². The maximum atomic E-state index is 12.9. The number of terminal acetylenes is 1. The molecule has 26 heavy (non-hydrogen) atoms. The van der Waals surface area contributed by atoms with E-state index in [-0.39, 0.29) is 17.4 Å². The molecule has 1 amide bonds. The lowest BCUT2D eigenvalue weighted by molar-refractivity contribution is -0.121. The molecule has 0 radical (unpaired) electrons. The topological polar surface area (TPSA) is 59.3 Å². The van der Waals surface area contributed by atoms with Gasteiger partial charge in [-0.1, -0.05) is 24.1 Å². The summed E-state index contributed by atoms with van der Waals surface area (Å²) in [5.41, 5.74) is 1.64. The second-order valence-electron chi connectivity index (χ2n) is 6.68. The number of nitrogens with one attached hydrogen (secondary N) is 1. The standard InChI is InChI=1S/C20H24N4O2/c1-4-12-23-13-10-16(11-14-23)19(25)21-18-15(2)22(3)24(20(18)26)17-8-6-5-7-9-17/h1,5-9,16H,10-14H2,2-3H3,(H,21,25). The number of hydrogen-bond acceptors (Lipinski definition) is 3. The fraction of sp³-hybridized carbons (Fsp3) is 0.400. The Morgan fingerprint density at radius 2 is 1.92 bits per heavy atom. The van der Waals surface area contributed by atoms with Crippen LogP contribution in [0.25, 0.3) is 5.69 Å². The summed E-state index contributed by atoms with van der Waals surface area (Å²) in [6.07, 6.45) is 6.86. The van der Waals surface area contributed by atoms with Crippen LogP contribution in [0.15, 0.2) is 35.1 Å². The lowest BCUT2D eigenvalue weighted by atomic mass is 9.96. The van der Waals surface area contributed by atoms with Crippen LogP contribution in [0.5, 0.6) is 0 Å². The molecule has 1 aromatic carbocycles. The van der Waals surface area contributed by atoms with Gasteiger partial charge in [0.2, 0.25) is 5.91 Å². The molecule has 2 heterocycles. The molecule has 1 aliphatic heterocycles. The van der Waals surface area contributed by atoms with Gasteiger partial charge >= 0.3 is 0 Å². The first-order chi connectivity index (χ1) is 12.5. The van der Waals surface area contributed by atoms with E-state index in [0.29, 0.717) is 12.2 Å². The molecule has 1 N–H and O–H groups in total. The predicted molar refractivity (Wildman–Crippen MR) is 102 cm³/mol. The summed E-state index contributed by atoms with van der Waals surface area (Å²) in [5, 5.41) is 2.87. The van der Waals surface area contributed by atoms with E-state index in [4.69, 9.17) is 6.42 Å². The van der Waals surface area contributed by atoms with E-state index >= 15 is 0 Å². The Bertz CT molecular complexity index is 881. The SMILES string of the molecule is C#CCN1CCC(C(=O)Nc2c(C)n(C)n(-c3ccccc3)c2=O)CC1. The highest BCUT2D eigenvalue weighted by molar-refractivity contribution is 5.93. The third-order valence-electron chi connectivity index (χ3n) is 5.08. The normalized spacial score (nSPS) is 15.6. The molecular formula is C20H24N4O2. The summed E-state index contributed by atoms with van der Waals surface area (Å²) in [4.78, 5) is 27.7. The van der Waals surface area contributed by atoms with Gasteiger partial charge in [0.05, 0.1) is 17.9 Å². The first-order valence-corrected chi connectivity index (χ1v) is 8.83. The summed E-state index contributed by atoms with van der Waals surface area (Å²) in [7, 11) is 1.82. The van der Waals surface area contributed by atoms with Gasteiger partial charge in [0, 0.05) is 13.0 Å². The van der Waals surface area contributed by atoms with Crippen molar-refractivity contribution in [3.8, 4) is 18.0 Å². The molecule has 0 unspecified atom stereocenters. The van der Waals surface area contributed by atoms with Gasteiger partial charge in [-0.15, -0.1) is 6.42 Å². The number of hydrogen-bond donors (Lipinski definition) is 1. The highest BCUT2D eigenvalue weighted by atomic mass is 16.2. The number of rotatable bonds is 4. The Morgan fingerprint density at radius 3 is 2.54 bits per heavy atom. The number of amides is 1. The second kappa shape index (κ2) is 7.63. The molecule has 6 nitrogen and oxygen atoms in total. The summed E-state index contributed by atoms with van der Waals surface area (Å²) in [6, 6.07) is 9.40. The summed E-state index contributed by atoms with van der Waals surface area (Å²) in [6.45, 7) is 4.08. The Balaban J connectivity index is 1.78. The number of aromatic nitrogens is 2. The molecule has 1 aliphatic rings. The van der Waals surface area contributed by atoms with Gasteiger partial charge in [0.25, 0.3) is 5.56 Å². The van der Waals surface area contributed by atoms with Crippen molar-refractivity contribution in [2.45, 2.75) is 19.8 Å². The third kappa shape index (κ3) is 3.44. The molecule has 1 aromatic heterocycles. The number of likely N-dealkylation sites (tertiary alicyclic amines) is 1. The number of benzene rings is 1. The maximum absolute atomic E-state index is 12.9. The zero-order valence-electron chi connectivity index (χ0n) is 15.2. The predicted octanol–water partition coefficient (Wildman–Crippen LogP) is 1.77. The molecule has 0 bridgehead atoms. The molecule has 6 heteroatoms. The summed E-state index contributed by atoms with van der Waals surface area (Å²) in [5.74, 6) is 2.46. The second-order valence-corrected chi connectivity index (χ2v) is 6.68. The van der Waals surface area contributed by atoms with Crippen molar-refractivity contribution in [3.05, 3.63) is 46.4 Å². The van der Waals surface area contributed by atoms with Crippen LogP contribution >= 0.6 is 0 Å². The van der Waals surface area contributed by atoms with E-state index in [9.17, 15) is 9.59 Å². The highest BCUT2D eigenvalue weighted by Crippen LogP contribution is 2.20. The van der Waals surface area contributed by atoms with E-state index in [2.05, 4.69) is 16.1 Å². The molecule has 0 atom stereocenters. The lowest BCUT2D eigenvalue weighted by Crippen LogP contribution is -2.38. The van der Waals surface area contributed by atoms with Crippen molar-refractivity contribution >= 4 is 11.6 Å². The van der Waals surface area contributed by atoms with Crippen molar-refractivity contribution in [2.24, 2.45) is 13.0 Å². The van der Waals surface area contributed by atoms with E-state index < -0.39 is 0 Å². The minimum Gasteiger partial charge on any atom is -0.320 e. The largest absolute Gasteiger partial charge is 0.320 e. The Kier molecular flexibility index (Phi) is 5.29. The zero-order chi connectivity index (χ0) is 18.7. The smallest absolute Gasteiger partial charge is 0.295 e. The van der Waals surface area contributed by atoms with E-state index in [1.54, 1.807) is 9.36 Å². The molecule has 2 aromatic rings. The average molecular weight is 352 g/mol. The van der Waals surface area contributed by atoms with Crippen LogP contribution in [-0.4, -0.2) is 39.8 Å². The van der Waals surface area contributed by atoms with E-state index in [0.717, 1.165) is 37.3 Å². The minimum absolute atomic E-state index is 0.0867.